The molecule has 1 aliphatic rings. The minimum atomic E-state index is -0.948. The number of halogens is 2. The van der Waals surface area contributed by atoms with Gasteiger partial charge in [0.1, 0.15) is 17.7 Å². The minimum Gasteiger partial charge on any atom is -0.390 e. The number of nitriles is 1. The predicted octanol–water partition coefficient (Wildman–Crippen LogP) is 5.01. The number of morpholine rings is 1. The number of benzene rings is 3. The van der Waals surface area contributed by atoms with E-state index in [9.17, 15) is 9.50 Å². The number of rotatable bonds is 6. The third-order valence-corrected chi connectivity index (χ3v) is 5.91. The quantitative estimate of drug-likeness (QED) is 0.540. The molecule has 3 aromatic carbocycles. The monoisotopic (exact) mass is 462 g/mol. The number of aliphatic hydroxyl groups is 1. The van der Waals surface area contributed by atoms with Crippen LogP contribution in [0.5, 0.6) is 0 Å². The van der Waals surface area contributed by atoms with E-state index in [0.717, 1.165) is 18.7 Å². The van der Waals surface area contributed by atoms with Gasteiger partial charge >= 0.3 is 0 Å². The largest absolute Gasteiger partial charge is 0.390 e. The van der Waals surface area contributed by atoms with Crippen LogP contribution in [0.1, 0.15) is 30.5 Å². The van der Waals surface area contributed by atoms with Crippen molar-refractivity contribution in [3.8, 4) is 28.3 Å². The van der Waals surface area contributed by atoms with Crippen molar-refractivity contribution in [1.29, 1.82) is 5.26 Å². The maximum atomic E-state index is 15.3. The molecule has 1 fully saturated rings. The summed E-state index contributed by atoms with van der Waals surface area (Å²) in [4.78, 5) is 0. The lowest BCUT2D eigenvalue weighted by atomic mass is 9.89. The van der Waals surface area contributed by atoms with Crippen LogP contribution in [0.15, 0.2) is 54.6 Å². The van der Waals surface area contributed by atoms with Gasteiger partial charge < -0.3 is 15.2 Å². The van der Waals surface area contributed by atoms with Crippen molar-refractivity contribution >= 4 is 0 Å². The third-order valence-electron chi connectivity index (χ3n) is 5.91. The van der Waals surface area contributed by atoms with Gasteiger partial charge in [0.05, 0.1) is 23.9 Å². The molecule has 1 heterocycles. The zero-order valence-electron chi connectivity index (χ0n) is 19.4. The van der Waals surface area contributed by atoms with Crippen molar-refractivity contribution in [3.05, 3.63) is 82.9 Å². The van der Waals surface area contributed by atoms with Crippen molar-refractivity contribution in [1.82, 2.24) is 5.32 Å². The SMILES string of the molecule is CC(C)(O)Cc1ccc(-c2ccc(CC3CNCCO3)cc2-c2ccc(C#N)c(F)c2)c(F)c1. The Morgan fingerprint density at radius 3 is 2.41 bits per heavy atom. The fourth-order valence-corrected chi connectivity index (χ4v) is 4.37. The lowest BCUT2D eigenvalue weighted by Crippen LogP contribution is -2.39. The van der Waals surface area contributed by atoms with Crippen LogP contribution in [-0.2, 0) is 17.6 Å². The van der Waals surface area contributed by atoms with Crippen LogP contribution in [-0.4, -0.2) is 36.5 Å². The molecular weight excluding hydrogens is 434 g/mol. The second kappa shape index (κ2) is 10.0. The smallest absolute Gasteiger partial charge is 0.141 e. The van der Waals surface area contributed by atoms with E-state index in [1.807, 2.05) is 24.3 Å². The Kier molecular flexibility index (Phi) is 7.08. The number of nitrogens with zero attached hydrogens (tertiary/aromatic N) is 1. The molecule has 1 atom stereocenters. The van der Waals surface area contributed by atoms with Crippen LogP contribution >= 0.6 is 0 Å². The molecule has 0 aliphatic carbocycles. The summed E-state index contributed by atoms with van der Waals surface area (Å²) in [5.41, 5.74) is 2.97. The highest BCUT2D eigenvalue weighted by atomic mass is 19.1. The first kappa shape index (κ1) is 24.0. The fraction of sp³-hybridized carbons (Fsp3) is 0.321. The van der Waals surface area contributed by atoms with Crippen LogP contribution in [0.25, 0.3) is 22.3 Å². The zero-order valence-corrected chi connectivity index (χ0v) is 19.4. The van der Waals surface area contributed by atoms with Crippen LogP contribution in [0.4, 0.5) is 8.78 Å². The highest BCUT2D eigenvalue weighted by molar-refractivity contribution is 5.84. The topological polar surface area (TPSA) is 65.3 Å². The summed E-state index contributed by atoms with van der Waals surface area (Å²) in [5.74, 6) is -1.03. The normalized spacial score (nSPS) is 16.3. The highest BCUT2D eigenvalue weighted by Crippen LogP contribution is 2.36. The molecule has 4 rings (SSSR count). The molecule has 4 nitrogen and oxygen atoms in total. The van der Waals surface area contributed by atoms with Crippen LogP contribution in [0.3, 0.4) is 0 Å². The molecule has 1 saturated heterocycles. The van der Waals surface area contributed by atoms with E-state index in [-0.39, 0.29) is 11.7 Å². The van der Waals surface area contributed by atoms with Gasteiger partial charge in [0.15, 0.2) is 0 Å². The lowest BCUT2D eigenvalue weighted by Gasteiger charge is -2.24. The summed E-state index contributed by atoms with van der Waals surface area (Å²) in [5, 5.41) is 22.5. The van der Waals surface area contributed by atoms with Gasteiger partial charge in [-0.2, -0.15) is 5.26 Å². The number of ether oxygens (including phenoxy) is 1. The summed E-state index contributed by atoms with van der Waals surface area (Å²) in [6, 6.07) is 17.0. The number of hydrogen-bond donors (Lipinski definition) is 2. The van der Waals surface area contributed by atoms with E-state index in [2.05, 4.69) is 5.32 Å². The van der Waals surface area contributed by atoms with Crippen molar-refractivity contribution in [2.24, 2.45) is 0 Å². The van der Waals surface area contributed by atoms with Crippen LogP contribution < -0.4 is 5.32 Å². The van der Waals surface area contributed by atoms with Gasteiger partial charge in [-0.1, -0.05) is 36.4 Å². The minimum absolute atomic E-state index is 0.0306. The molecule has 0 radical (unpaired) electrons. The summed E-state index contributed by atoms with van der Waals surface area (Å²) in [6.45, 7) is 5.59. The Hall–Kier alpha value is -3.11. The zero-order chi connectivity index (χ0) is 24.3. The van der Waals surface area contributed by atoms with Crippen LogP contribution in [0.2, 0.25) is 0 Å². The van der Waals surface area contributed by atoms with E-state index in [1.54, 1.807) is 32.0 Å². The molecule has 1 unspecified atom stereocenters. The molecule has 2 N–H and O–H groups in total. The summed E-state index contributed by atoms with van der Waals surface area (Å²) >= 11 is 0. The molecular formula is C28H28F2N2O2. The second-order valence-electron chi connectivity index (χ2n) is 9.39. The molecule has 3 aromatic rings. The van der Waals surface area contributed by atoms with Gasteiger partial charge in [-0.3, -0.25) is 0 Å². The first-order chi connectivity index (χ1) is 16.2. The Balaban J connectivity index is 1.77. The van der Waals surface area contributed by atoms with Gasteiger partial charge in [-0.05, 0) is 66.3 Å². The predicted molar refractivity (Wildman–Crippen MR) is 128 cm³/mol. The average Bonchev–Trinajstić information content (AvgIpc) is 2.79. The van der Waals surface area contributed by atoms with Gasteiger partial charge in [0.2, 0.25) is 0 Å². The molecule has 0 aromatic heterocycles. The van der Waals surface area contributed by atoms with E-state index in [1.165, 1.54) is 18.2 Å². The third kappa shape index (κ3) is 5.68. The van der Waals surface area contributed by atoms with E-state index in [4.69, 9.17) is 10.00 Å². The standard InChI is InChI=1S/C28H28F2N2O2/c1-28(2,33)15-19-4-8-24(27(30)13-19)23-7-3-18(11-22-17-32-9-10-34-22)12-25(23)20-5-6-21(16-31)26(29)14-20/h3-8,12-14,22,32-33H,9-11,15,17H2,1-2H3. The Labute approximate surface area is 198 Å². The highest BCUT2D eigenvalue weighted by Gasteiger charge is 2.19. The van der Waals surface area contributed by atoms with Crippen molar-refractivity contribution in [2.45, 2.75) is 38.4 Å². The molecule has 34 heavy (non-hydrogen) atoms. The van der Waals surface area contributed by atoms with Gasteiger partial charge in [0.25, 0.3) is 0 Å². The molecule has 176 valence electrons. The average molecular weight is 463 g/mol. The fourth-order valence-electron chi connectivity index (χ4n) is 4.37. The van der Waals surface area contributed by atoms with Gasteiger partial charge in [0, 0.05) is 25.1 Å². The summed E-state index contributed by atoms with van der Waals surface area (Å²) in [6.07, 6.45) is 1.03. The Morgan fingerprint density at radius 2 is 1.76 bits per heavy atom. The molecule has 0 amide bonds. The van der Waals surface area contributed by atoms with E-state index < -0.39 is 17.2 Å². The number of hydrogen-bond acceptors (Lipinski definition) is 4. The van der Waals surface area contributed by atoms with Crippen molar-refractivity contribution in [2.75, 3.05) is 19.7 Å². The maximum Gasteiger partial charge on any atom is 0.141 e. The lowest BCUT2D eigenvalue weighted by molar-refractivity contribution is 0.0292. The summed E-state index contributed by atoms with van der Waals surface area (Å²) < 4.78 is 35.6. The molecule has 0 spiro atoms. The molecule has 0 saturated carbocycles. The first-order valence-electron chi connectivity index (χ1n) is 11.4. The van der Waals surface area contributed by atoms with Crippen molar-refractivity contribution in [3.63, 3.8) is 0 Å². The Morgan fingerprint density at radius 1 is 1.00 bits per heavy atom. The van der Waals surface area contributed by atoms with Gasteiger partial charge in [-0.15, -0.1) is 0 Å². The first-order valence-corrected chi connectivity index (χ1v) is 11.4. The second-order valence-corrected chi connectivity index (χ2v) is 9.39. The maximum absolute atomic E-state index is 15.3. The molecule has 0 bridgehead atoms. The van der Waals surface area contributed by atoms with Gasteiger partial charge in [-0.25, -0.2) is 8.78 Å². The Bertz CT molecular complexity index is 1220. The van der Waals surface area contributed by atoms with Crippen molar-refractivity contribution < 1.29 is 18.6 Å². The summed E-state index contributed by atoms with van der Waals surface area (Å²) in [7, 11) is 0. The van der Waals surface area contributed by atoms with E-state index in [0.29, 0.717) is 47.3 Å². The molecule has 6 heteroatoms. The molecule has 1 aliphatic heterocycles. The van der Waals surface area contributed by atoms with Crippen LogP contribution in [0, 0.1) is 23.0 Å². The van der Waals surface area contributed by atoms with E-state index >= 15 is 4.39 Å². The number of nitrogens with one attached hydrogen (secondary N) is 1.